The molecule has 1 aromatic carbocycles. The van der Waals surface area contributed by atoms with E-state index in [4.69, 9.17) is 4.42 Å². The molecule has 3 heterocycles. The quantitative estimate of drug-likeness (QED) is 0.693. The van der Waals surface area contributed by atoms with E-state index >= 15 is 0 Å². The second-order valence-corrected chi connectivity index (χ2v) is 7.04. The summed E-state index contributed by atoms with van der Waals surface area (Å²) in [6.45, 7) is 3.13. The third-order valence-electron chi connectivity index (χ3n) is 4.49. The van der Waals surface area contributed by atoms with Gasteiger partial charge in [0.25, 0.3) is 0 Å². The SMILES string of the molecule is O=C(CCc1ncc(-c2ccccc2)o1)N1CCN(c2nccs2)CC1. The molecule has 1 saturated heterocycles. The fraction of sp³-hybridized carbons (Fsp3) is 0.316. The van der Waals surface area contributed by atoms with Crippen molar-refractivity contribution in [1.29, 1.82) is 0 Å². The number of piperazine rings is 1. The number of carbonyl (C=O) groups excluding carboxylic acids is 1. The first-order valence-corrected chi connectivity index (χ1v) is 9.60. The molecular weight excluding hydrogens is 348 g/mol. The van der Waals surface area contributed by atoms with E-state index in [0.717, 1.165) is 42.6 Å². The van der Waals surface area contributed by atoms with Crippen LogP contribution >= 0.6 is 11.3 Å². The summed E-state index contributed by atoms with van der Waals surface area (Å²) in [5.41, 5.74) is 0.996. The standard InChI is InChI=1S/C19H20N4O2S/c24-18(22-9-11-23(12-10-22)19-20-8-13-26-19)7-6-17-21-14-16(25-17)15-4-2-1-3-5-15/h1-5,8,13-14H,6-7,9-12H2. The number of thiazole rings is 1. The lowest BCUT2D eigenvalue weighted by molar-refractivity contribution is -0.131. The van der Waals surface area contributed by atoms with Gasteiger partial charge in [0.05, 0.1) is 6.20 Å². The van der Waals surface area contributed by atoms with Gasteiger partial charge in [0.1, 0.15) is 0 Å². The highest BCUT2D eigenvalue weighted by Crippen LogP contribution is 2.21. The summed E-state index contributed by atoms with van der Waals surface area (Å²) < 4.78 is 5.78. The van der Waals surface area contributed by atoms with Crippen LogP contribution in [0.3, 0.4) is 0 Å². The molecule has 0 atom stereocenters. The Morgan fingerprint density at radius 1 is 1.12 bits per heavy atom. The van der Waals surface area contributed by atoms with E-state index in [2.05, 4.69) is 14.9 Å². The highest BCUT2D eigenvalue weighted by molar-refractivity contribution is 7.13. The maximum absolute atomic E-state index is 12.5. The van der Waals surface area contributed by atoms with E-state index < -0.39 is 0 Å². The minimum absolute atomic E-state index is 0.156. The largest absolute Gasteiger partial charge is 0.441 e. The molecule has 1 aliphatic rings. The normalized spacial score (nSPS) is 14.6. The number of aryl methyl sites for hydroxylation is 1. The maximum Gasteiger partial charge on any atom is 0.223 e. The van der Waals surface area contributed by atoms with Crippen molar-refractivity contribution in [3.8, 4) is 11.3 Å². The highest BCUT2D eigenvalue weighted by atomic mass is 32.1. The molecule has 26 heavy (non-hydrogen) atoms. The van der Waals surface area contributed by atoms with Gasteiger partial charge in [-0.3, -0.25) is 4.79 Å². The molecule has 1 fully saturated rings. The second kappa shape index (κ2) is 7.70. The minimum atomic E-state index is 0.156. The highest BCUT2D eigenvalue weighted by Gasteiger charge is 2.22. The van der Waals surface area contributed by atoms with Gasteiger partial charge >= 0.3 is 0 Å². The van der Waals surface area contributed by atoms with Crippen LogP contribution in [-0.4, -0.2) is 47.0 Å². The Labute approximate surface area is 156 Å². The number of amides is 1. The molecule has 0 saturated carbocycles. The van der Waals surface area contributed by atoms with Crippen LogP contribution in [-0.2, 0) is 11.2 Å². The Bertz CT molecular complexity index is 840. The number of carbonyl (C=O) groups is 1. The number of anilines is 1. The first-order valence-electron chi connectivity index (χ1n) is 8.72. The fourth-order valence-electron chi connectivity index (χ4n) is 3.05. The number of rotatable bonds is 5. The zero-order chi connectivity index (χ0) is 17.8. The average Bonchev–Trinajstić information content (AvgIpc) is 3.39. The molecule has 7 heteroatoms. The topological polar surface area (TPSA) is 62.5 Å². The van der Waals surface area contributed by atoms with Crippen LogP contribution in [0, 0.1) is 0 Å². The summed E-state index contributed by atoms with van der Waals surface area (Å²) >= 11 is 1.64. The lowest BCUT2D eigenvalue weighted by atomic mass is 10.2. The van der Waals surface area contributed by atoms with Gasteiger partial charge in [-0.1, -0.05) is 30.3 Å². The van der Waals surface area contributed by atoms with Gasteiger partial charge in [0, 0.05) is 56.2 Å². The molecule has 0 radical (unpaired) electrons. The Balaban J connectivity index is 1.28. The predicted octanol–water partition coefficient (Wildman–Crippen LogP) is 3.08. The average molecular weight is 368 g/mol. The molecule has 1 amide bonds. The zero-order valence-electron chi connectivity index (χ0n) is 14.4. The van der Waals surface area contributed by atoms with Gasteiger partial charge in [-0.05, 0) is 0 Å². The number of hydrogen-bond acceptors (Lipinski definition) is 6. The van der Waals surface area contributed by atoms with E-state index in [9.17, 15) is 4.79 Å². The van der Waals surface area contributed by atoms with Crippen molar-refractivity contribution in [1.82, 2.24) is 14.9 Å². The van der Waals surface area contributed by atoms with Gasteiger partial charge in [0.2, 0.25) is 5.91 Å². The number of hydrogen-bond donors (Lipinski definition) is 0. The summed E-state index contributed by atoms with van der Waals surface area (Å²) in [7, 11) is 0. The smallest absolute Gasteiger partial charge is 0.223 e. The van der Waals surface area contributed by atoms with E-state index in [0.29, 0.717) is 18.7 Å². The van der Waals surface area contributed by atoms with Crippen LogP contribution in [0.4, 0.5) is 5.13 Å². The summed E-state index contributed by atoms with van der Waals surface area (Å²) in [6, 6.07) is 9.86. The predicted molar refractivity (Wildman–Crippen MR) is 101 cm³/mol. The lowest BCUT2D eigenvalue weighted by Crippen LogP contribution is -2.48. The van der Waals surface area contributed by atoms with Crippen molar-refractivity contribution in [3.05, 3.63) is 54.0 Å². The molecule has 0 N–H and O–H groups in total. The lowest BCUT2D eigenvalue weighted by Gasteiger charge is -2.34. The molecule has 4 rings (SSSR count). The van der Waals surface area contributed by atoms with Gasteiger partial charge in [-0.15, -0.1) is 11.3 Å². The van der Waals surface area contributed by atoms with Crippen molar-refractivity contribution in [2.45, 2.75) is 12.8 Å². The minimum Gasteiger partial charge on any atom is -0.441 e. The molecule has 1 aliphatic heterocycles. The zero-order valence-corrected chi connectivity index (χ0v) is 15.2. The Morgan fingerprint density at radius 3 is 2.65 bits per heavy atom. The van der Waals surface area contributed by atoms with E-state index in [1.165, 1.54) is 0 Å². The van der Waals surface area contributed by atoms with E-state index in [1.54, 1.807) is 17.5 Å². The van der Waals surface area contributed by atoms with E-state index in [1.807, 2.05) is 46.8 Å². The van der Waals surface area contributed by atoms with Crippen LogP contribution in [0.2, 0.25) is 0 Å². The molecule has 134 valence electrons. The van der Waals surface area contributed by atoms with Crippen LogP contribution in [0.5, 0.6) is 0 Å². The Morgan fingerprint density at radius 2 is 1.92 bits per heavy atom. The monoisotopic (exact) mass is 368 g/mol. The van der Waals surface area contributed by atoms with Gasteiger partial charge in [0.15, 0.2) is 16.8 Å². The Hall–Kier alpha value is -2.67. The Kier molecular flexibility index (Phi) is 4.97. The number of oxazole rings is 1. The number of nitrogens with zero attached hydrogens (tertiary/aromatic N) is 4. The first kappa shape index (κ1) is 16.8. The van der Waals surface area contributed by atoms with Gasteiger partial charge < -0.3 is 14.2 Å². The fourth-order valence-corrected chi connectivity index (χ4v) is 3.75. The molecule has 2 aromatic heterocycles. The number of aromatic nitrogens is 2. The molecule has 3 aromatic rings. The molecule has 6 nitrogen and oxygen atoms in total. The van der Waals surface area contributed by atoms with Crippen molar-refractivity contribution in [2.75, 3.05) is 31.1 Å². The van der Waals surface area contributed by atoms with Crippen molar-refractivity contribution in [3.63, 3.8) is 0 Å². The summed E-state index contributed by atoms with van der Waals surface area (Å²) in [6.07, 6.45) is 4.49. The summed E-state index contributed by atoms with van der Waals surface area (Å²) in [4.78, 5) is 25.3. The van der Waals surface area contributed by atoms with Crippen LogP contribution in [0.15, 0.2) is 52.5 Å². The van der Waals surface area contributed by atoms with Crippen LogP contribution in [0.25, 0.3) is 11.3 Å². The van der Waals surface area contributed by atoms with Crippen LogP contribution < -0.4 is 4.90 Å². The van der Waals surface area contributed by atoms with Gasteiger partial charge in [-0.2, -0.15) is 0 Å². The molecular formula is C19H20N4O2S. The molecule has 0 aliphatic carbocycles. The third-order valence-corrected chi connectivity index (χ3v) is 5.32. The number of benzene rings is 1. The summed E-state index contributed by atoms with van der Waals surface area (Å²) in [5.74, 6) is 1.51. The first-order chi connectivity index (χ1) is 12.8. The van der Waals surface area contributed by atoms with Crippen LogP contribution in [0.1, 0.15) is 12.3 Å². The second-order valence-electron chi connectivity index (χ2n) is 6.17. The molecule has 0 spiro atoms. The van der Waals surface area contributed by atoms with Crippen molar-refractivity contribution >= 4 is 22.4 Å². The van der Waals surface area contributed by atoms with Gasteiger partial charge in [-0.25, -0.2) is 9.97 Å². The van der Waals surface area contributed by atoms with Crippen molar-refractivity contribution in [2.24, 2.45) is 0 Å². The van der Waals surface area contributed by atoms with E-state index in [-0.39, 0.29) is 5.91 Å². The maximum atomic E-state index is 12.5. The molecule has 0 bridgehead atoms. The van der Waals surface area contributed by atoms with Crippen molar-refractivity contribution < 1.29 is 9.21 Å². The molecule has 0 unspecified atom stereocenters. The summed E-state index contributed by atoms with van der Waals surface area (Å²) in [5, 5.41) is 3.01. The third kappa shape index (κ3) is 3.77.